The number of halogens is 1. The molecule has 0 saturated heterocycles. The Bertz CT molecular complexity index is 670. The number of amides is 1. The second kappa shape index (κ2) is 5.71. The van der Waals surface area contributed by atoms with E-state index in [4.69, 9.17) is 17.3 Å². The van der Waals surface area contributed by atoms with E-state index in [1.807, 2.05) is 9.47 Å². The summed E-state index contributed by atoms with van der Waals surface area (Å²) in [5.74, 6) is 0.742. The molecule has 1 aliphatic rings. The number of carbonyl (C=O) groups is 1. The highest BCUT2D eigenvalue weighted by molar-refractivity contribution is 6.33. The lowest BCUT2D eigenvalue weighted by molar-refractivity contribution is -0.117. The fourth-order valence-electron chi connectivity index (χ4n) is 2.28. The van der Waals surface area contributed by atoms with Gasteiger partial charge in [-0.3, -0.25) is 9.69 Å². The van der Waals surface area contributed by atoms with Crippen molar-refractivity contribution in [3.63, 3.8) is 0 Å². The Labute approximate surface area is 126 Å². The molecule has 7 nitrogen and oxygen atoms in total. The molecule has 2 heterocycles. The summed E-state index contributed by atoms with van der Waals surface area (Å²) in [6.07, 6.45) is 1.71. The van der Waals surface area contributed by atoms with Crippen LogP contribution in [0.4, 0.5) is 11.4 Å². The quantitative estimate of drug-likeness (QED) is 0.825. The Balaban J connectivity index is 1.61. The van der Waals surface area contributed by atoms with Gasteiger partial charge < -0.3 is 15.6 Å². The van der Waals surface area contributed by atoms with Crippen LogP contribution in [0.15, 0.2) is 24.5 Å². The second-order valence-electron chi connectivity index (χ2n) is 4.94. The first-order valence-electron chi connectivity index (χ1n) is 6.56. The molecule has 3 rings (SSSR count). The second-order valence-corrected chi connectivity index (χ2v) is 5.35. The van der Waals surface area contributed by atoms with Crippen molar-refractivity contribution in [2.24, 2.45) is 0 Å². The van der Waals surface area contributed by atoms with Gasteiger partial charge >= 0.3 is 0 Å². The summed E-state index contributed by atoms with van der Waals surface area (Å²) in [5, 5.41) is 11.1. The number of nitrogens with one attached hydrogen (secondary N) is 1. The number of carbonyl (C=O) groups excluding carboxylic acids is 1. The zero-order chi connectivity index (χ0) is 14.8. The number of fused-ring (bicyclic) bond motifs is 1. The number of hydrogen-bond acceptors (Lipinski definition) is 5. The first-order chi connectivity index (χ1) is 10.1. The zero-order valence-corrected chi connectivity index (χ0v) is 12.0. The molecule has 0 unspecified atom stereocenters. The minimum Gasteiger partial charge on any atom is -0.399 e. The summed E-state index contributed by atoms with van der Waals surface area (Å²) < 4.78 is 1.99. The van der Waals surface area contributed by atoms with E-state index in [0.717, 1.165) is 18.9 Å². The average molecular weight is 307 g/mol. The molecule has 110 valence electrons. The van der Waals surface area contributed by atoms with Gasteiger partial charge in [0.05, 0.1) is 23.8 Å². The largest absolute Gasteiger partial charge is 0.399 e. The maximum Gasteiger partial charge on any atom is 0.238 e. The molecule has 0 bridgehead atoms. The van der Waals surface area contributed by atoms with Gasteiger partial charge in [-0.25, -0.2) is 0 Å². The number of rotatable bonds is 3. The van der Waals surface area contributed by atoms with Gasteiger partial charge in [-0.1, -0.05) is 11.6 Å². The van der Waals surface area contributed by atoms with Crippen molar-refractivity contribution in [2.45, 2.75) is 13.1 Å². The van der Waals surface area contributed by atoms with Crippen LogP contribution in [-0.2, 0) is 17.9 Å². The van der Waals surface area contributed by atoms with Gasteiger partial charge in [0.1, 0.15) is 12.2 Å². The molecule has 0 aliphatic carbocycles. The maximum atomic E-state index is 12.1. The van der Waals surface area contributed by atoms with Gasteiger partial charge in [0.2, 0.25) is 5.91 Å². The van der Waals surface area contributed by atoms with Crippen LogP contribution in [-0.4, -0.2) is 38.7 Å². The van der Waals surface area contributed by atoms with Crippen LogP contribution in [0.3, 0.4) is 0 Å². The van der Waals surface area contributed by atoms with E-state index in [1.54, 1.807) is 24.5 Å². The molecule has 3 N–H and O–H groups in total. The third kappa shape index (κ3) is 3.14. The average Bonchev–Trinajstić information content (AvgIpc) is 2.90. The van der Waals surface area contributed by atoms with E-state index >= 15 is 0 Å². The van der Waals surface area contributed by atoms with Gasteiger partial charge in [-0.2, -0.15) is 0 Å². The first-order valence-corrected chi connectivity index (χ1v) is 6.93. The standard InChI is InChI=1S/C13H15ClN6O/c14-10-2-1-9(15)5-11(10)17-13(21)7-19-3-4-20-8-16-18-12(20)6-19/h1-2,5,8H,3-4,6-7,15H2,(H,17,21). The molecular weight excluding hydrogens is 292 g/mol. The summed E-state index contributed by atoms with van der Waals surface area (Å²) >= 11 is 6.03. The van der Waals surface area contributed by atoms with Crippen molar-refractivity contribution >= 4 is 28.9 Å². The predicted octanol–water partition coefficient (Wildman–Crippen LogP) is 0.968. The number of aromatic nitrogens is 3. The highest BCUT2D eigenvalue weighted by Crippen LogP contribution is 2.24. The molecular formula is C13H15ClN6O. The van der Waals surface area contributed by atoms with Crippen LogP contribution in [0.1, 0.15) is 5.82 Å². The molecule has 1 aliphatic heterocycles. The number of benzene rings is 1. The van der Waals surface area contributed by atoms with E-state index < -0.39 is 0 Å². The Morgan fingerprint density at radius 2 is 2.29 bits per heavy atom. The Morgan fingerprint density at radius 1 is 1.43 bits per heavy atom. The van der Waals surface area contributed by atoms with Gasteiger partial charge in [-0.05, 0) is 18.2 Å². The van der Waals surface area contributed by atoms with Crippen LogP contribution >= 0.6 is 11.6 Å². The lowest BCUT2D eigenvalue weighted by atomic mass is 10.2. The molecule has 1 aromatic heterocycles. The topological polar surface area (TPSA) is 89.1 Å². The number of anilines is 2. The van der Waals surface area contributed by atoms with Gasteiger partial charge in [-0.15, -0.1) is 10.2 Å². The lowest BCUT2D eigenvalue weighted by Crippen LogP contribution is -2.39. The smallest absolute Gasteiger partial charge is 0.238 e. The fourth-order valence-corrected chi connectivity index (χ4v) is 2.45. The zero-order valence-electron chi connectivity index (χ0n) is 11.3. The summed E-state index contributed by atoms with van der Waals surface area (Å²) in [4.78, 5) is 14.1. The summed E-state index contributed by atoms with van der Waals surface area (Å²) in [5.41, 5.74) is 6.78. The fraction of sp³-hybridized carbons (Fsp3) is 0.308. The summed E-state index contributed by atoms with van der Waals surface area (Å²) in [6.45, 7) is 2.45. The maximum absolute atomic E-state index is 12.1. The van der Waals surface area contributed by atoms with E-state index in [2.05, 4.69) is 15.5 Å². The van der Waals surface area contributed by atoms with Crippen molar-refractivity contribution in [1.29, 1.82) is 0 Å². The van der Waals surface area contributed by atoms with Crippen LogP contribution < -0.4 is 11.1 Å². The molecule has 1 aromatic carbocycles. The Kier molecular flexibility index (Phi) is 3.76. The van der Waals surface area contributed by atoms with Crippen LogP contribution in [0.2, 0.25) is 5.02 Å². The molecule has 0 spiro atoms. The SMILES string of the molecule is Nc1ccc(Cl)c(NC(=O)CN2CCn3cnnc3C2)c1. The monoisotopic (exact) mass is 306 g/mol. The highest BCUT2D eigenvalue weighted by atomic mass is 35.5. The van der Waals surface area contributed by atoms with Crippen molar-refractivity contribution < 1.29 is 4.79 Å². The van der Waals surface area contributed by atoms with Crippen molar-refractivity contribution in [1.82, 2.24) is 19.7 Å². The van der Waals surface area contributed by atoms with E-state index in [-0.39, 0.29) is 12.5 Å². The molecule has 21 heavy (non-hydrogen) atoms. The number of hydrogen-bond donors (Lipinski definition) is 2. The Hall–Kier alpha value is -2.12. The number of nitrogens with zero attached hydrogens (tertiary/aromatic N) is 4. The van der Waals surface area contributed by atoms with Crippen LogP contribution in [0.5, 0.6) is 0 Å². The van der Waals surface area contributed by atoms with Crippen molar-refractivity contribution in [3.05, 3.63) is 35.4 Å². The molecule has 8 heteroatoms. The molecule has 0 saturated carbocycles. The summed E-state index contributed by atoms with van der Waals surface area (Å²) in [7, 11) is 0. The van der Waals surface area contributed by atoms with E-state index in [9.17, 15) is 4.79 Å². The van der Waals surface area contributed by atoms with E-state index in [1.165, 1.54) is 0 Å². The summed E-state index contributed by atoms with van der Waals surface area (Å²) in [6, 6.07) is 5.00. The highest BCUT2D eigenvalue weighted by Gasteiger charge is 2.19. The molecule has 0 atom stereocenters. The lowest BCUT2D eigenvalue weighted by Gasteiger charge is -2.26. The predicted molar refractivity (Wildman–Crippen MR) is 79.8 cm³/mol. The molecule has 1 amide bonds. The van der Waals surface area contributed by atoms with Gasteiger partial charge in [0.25, 0.3) is 0 Å². The first kappa shape index (κ1) is 13.8. The van der Waals surface area contributed by atoms with E-state index in [0.29, 0.717) is 22.9 Å². The van der Waals surface area contributed by atoms with Gasteiger partial charge in [0, 0.05) is 18.8 Å². The minimum absolute atomic E-state index is 0.129. The number of nitrogens with two attached hydrogens (primary N) is 1. The van der Waals surface area contributed by atoms with Crippen molar-refractivity contribution in [2.75, 3.05) is 24.1 Å². The normalized spacial score (nSPS) is 14.7. The van der Waals surface area contributed by atoms with Crippen LogP contribution in [0.25, 0.3) is 0 Å². The van der Waals surface area contributed by atoms with Gasteiger partial charge in [0.15, 0.2) is 0 Å². The number of nitrogen functional groups attached to an aromatic ring is 1. The minimum atomic E-state index is -0.129. The molecule has 0 radical (unpaired) electrons. The van der Waals surface area contributed by atoms with Crippen molar-refractivity contribution in [3.8, 4) is 0 Å². The third-order valence-corrected chi connectivity index (χ3v) is 3.68. The van der Waals surface area contributed by atoms with Crippen LogP contribution in [0, 0.1) is 0 Å². The molecule has 0 fully saturated rings. The Morgan fingerprint density at radius 3 is 3.14 bits per heavy atom. The molecule has 2 aromatic rings. The third-order valence-electron chi connectivity index (χ3n) is 3.35.